The SMILES string of the molecule is CC[n+]1cc(-c2ccc(NC(=O)/C=C\c3ccc(C(=O)Nc4ccc(-c5c[n+](CC)c(N)nc5N)cc4)cc3)cc2)c(N)nc1N. The summed E-state index contributed by atoms with van der Waals surface area (Å²) in [5.74, 6) is 0.819. The molecule has 0 aliphatic carbocycles. The van der Waals surface area contributed by atoms with E-state index in [0.29, 0.717) is 53.6 Å². The number of carbonyl (C=O) groups is 2. The zero-order chi connectivity index (χ0) is 32.8. The van der Waals surface area contributed by atoms with Crippen LogP contribution >= 0.6 is 0 Å². The Morgan fingerprint density at radius 3 is 1.59 bits per heavy atom. The normalized spacial score (nSPS) is 11.0. The number of nitrogens with two attached hydrogens (primary N) is 4. The second kappa shape index (κ2) is 13.6. The Morgan fingerprint density at radius 2 is 1.13 bits per heavy atom. The number of nitrogen functional groups attached to an aromatic ring is 4. The van der Waals surface area contributed by atoms with Crippen LogP contribution in [-0.4, -0.2) is 21.8 Å². The predicted octanol–water partition coefficient (Wildman–Crippen LogP) is 3.66. The lowest BCUT2D eigenvalue weighted by Gasteiger charge is -2.09. The van der Waals surface area contributed by atoms with E-state index < -0.39 is 0 Å². The Hall–Kier alpha value is -6.30. The average Bonchev–Trinajstić information content (AvgIpc) is 3.05. The quantitative estimate of drug-likeness (QED) is 0.107. The molecule has 0 fully saturated rings. The second-order valence-electron chi connectivity index (χ2n) is 10.4. The maximum atomic E-state index is 12.8. The van der Waals surface area contributed by atoms with Gasteiger partial charge in [0.2, 0.25) is 17.5 Å². The molecule has 5 aromatic rings. The Balaban J connectivity index is 1.16. The van der Waals surface area contributed by atoms with E-state index >= 15 is 0 Å². The van der Waals surface area contributed by atoms with Gasteiger partial charge in [-0.2, -0.15) is 0 Å². The van der Waals surface area contributed by atoms with E-state index in [2.05, 4.69) is 20.6 Å². The summed E-state index contributed by atoms with van der Waals surface area (Å²) in [5.41, 5.74) is 29.7. The predicted molar refractivity (Wildman–Crippen MR) is 181 cm³/mol. The Kier molecular flexibility index (Phi) is 9.18. The van der Waals surface area contributed by atoms with Crippen molar-refractivity contribution in [1.82, 2.24) is 9.97 Å². The molecule has 0 atom stereocenters. The summed E-state index contributed by atoms with van der Waals surface area (Å²) in [4.78, 5) is 33.8. The number of aromatic nitrogens is 4. The van der Waals surface area contributed by atoms with Crippen molar-refractivity contribution in [1.29, 1.82) is 0 Å². The molecule has 2 amide bonds. The summed E-state index contributed by atoms with van der Waals surface area (Å²) in [5, 5.41) is 5.74. The van der Waals surface area contributed by atoms with E-state index in [-0.39, 0.29) is 11.8 Å². The van der Waals surface area contributed by atoms with Crippen LogP contribution in [0.1, 0.15) is 29.8 Å². The van der Waals surface area contributed by atoms with Gasteiger partial charge in [0.05, 0.1) is 36.6 Å². The fourth-order valence-corrected chi connectivity index (χ4v) is 4.79. The lowest BCUT2D eigenvalue weighted by molar-refractivity contribution is -0.681. The molecule has 0 radical (unpaired) electrons. The van der Waals surface area contributed by atoms with Crippen molar-refractivity contribution in [2.75, 3.05) is 33.6 Å². The van der Waals surface area contributed by atoms with Crippen LogP contribution in [0.25, 0.3) is 28.3 Å². The van der Waals surface area contributed by atoms with E-state index in [9.17, 15) is 9.59 Å². The Bertz CT molecular complexity index is 1920. The highest BCUT2D eigenvalue weighted by molar-refractivity contribution is 6.05. The molecule has 3 aromatic carbocycles. The first-order valence-electron chi connectivity index (χ1n) is 14.7. The molecule has 0 saturated carbocycles. The highest BCUT2D eigenvalue weighted by Gasteiger charge is 2.16. The fraction of sp³-hybridized carbons (Fsp3) is 0.118. The van der Waals surface area contributed by atoms with Crippen LogP contribution in [0.2, 0.25) is 0 Å². The van der Waals surface area contributed by atoms with Crippen LogP contribution in [0.3, 0.4) is 0 Å². The fourth-order valence-electron chi connectivity index (χ4n) is 4.79. The summed E-state index contributed by atoms with van der Waals surface area (Å²) in [6, 6.07) is 21.6. The molecule has 232 valence electrons. The van der Waals surface area contributed by atoms with Crippen LogP contribution in [-0.2, 0) is 17.9 Å². The summed E-state index contributed by atoms with van der Waals surface area (Å²) in [7, 11) is 0. The van der Waals surface area contributed by atoms with Crippen LogP contribution < -0.4 is 42.7 Å². The van der Waals surface area contributed by atoms with Gasteiger partial charge in [0.25, 0.3) is 5.91 Å². The maximum absolute atomic E-state index is 12.8. The van der Waals surface area contributed by atoms with Crippen molar-refractivity contribution in [2.24, 2.45) is 0 Å². The van der Waals surface area contributed by atoms with Crippen molar-refractivity contribution < 1.29 is 18.7 Å². The third-order valence-electron chi connectivity index (χ3n) is 7.38. The zero-order valence-corrected chi connectivity index (χ0v) is 25.6. The summed E-state index contributed by atoms with van der Waals surface area (Å²) in [6.45, 7) is 5.27. The third kappa shape index (κ3) is 7.08. The first kappa shape index (κ1) is 31.1. The number of amides is 2. The van der Waals surface area contributed by atoms with Gasteiger partial charge in [-0.3, -0.25) is 21.1 Å². The van der Waals surface area contributed by atoms with Crippen molar-refractivity contribution in [2.45, 2.75) is 26.9 Å². The van der Waals surface area contributed by atoms with Gasteiger partial charge >= 0.3 is 11.9 Å². The van der Waals surface area contributed by atoms with E-state index in [1.165, 1.54) is 6.08 Å². The number of aryl methyl sites for hydroxylation is 2. The van der Waals surface area contributed by atoms with Crippen LogP contribution in [0.4, 0.5) is 34.9 Å². The zero-order valence-electron chi connectivity index (χ0n) is 25.6. The van der Waals surface area contributed by atoms with Crippen molar-refractivity contribution in [3.8, 4) is 22.3 Å². The lowest BCUT2D eigenvalue weighted by atomic mass is 10.1. The number of hydrogen-bond donors (Lipinski definition) is 6. The summed E-state index contributed by atoms with van der Waals surface area (Å²) < 4.78 is 3.62. The highest BCUT2D eigenvalue weighted by Crippen LogP contribution is 2.26. The standard InChI is InChI=1S/C34H34N10O2/c1-3-43-19-27(30(35)41-33(43)37)22-10-14-25(15-11-22)39-29(45)18-7-21-5-8-24(9-6-21)32(46)40-26-16-12-23(13-17-26)28-20-44(4-2)34(38)42-31(28)36/h5-20H,3-4H2,1-2H3,(H8,35,36,37,38,39,40,41,42,45,46)/p+2/b18-7-. The highest BCUT2D eigenvalue weighted by atomic mass is 16.2. The molecule has 0 unspecified atom stereocenters. The van der Waals surface area contributed by atoms with Crippen molar-refractivity contribution >= 4 is 52.8 Å². The maximum Gasteiger partial charge on any atom is 0.391 e. The number of carbonyl (C=O) groups excluding carboxylic acids is 2. The molecule has 0 bridgehead atoms. The molecular weight excluding hydrogens is 580 g/mol. The van der Waals surface area contributed by atoms with E-state index in [0.717, 1.165) is 27.8 Å². The monoisotopic (exact) mass is 616 g/mol. The molecule has 46 heavy (non-hydrogen) atoms. The average molecular weight is 617 g/mol. The number of anilines is 6. The first-order valence-corrected chi connectivity index (χ1v) is 14.7. The molecule has 2 heterocycles. The molecule has 0 aliphatic rings. The number of nitrogens with one attached hydrogen (secondary N) is 2. The summed E-state index contributed by atoms with van der Waals surface area (Å²) >= 11 is 0. The molecule has 10 N–H and O–H groups in total. The molecule has 0 saturated heterocycles. The van der Waals surface area contributed by atoms with Gasteiger partial charge in [0, 0.05) is 23.0 Å². The third-order valence-corrected chi connectivity index (χ3v) is 7.38. The summed E-state index contributed by atoms with van der Waals surface area (Å²) in [6.07, 6.45) is 6.83. The van der Waals surface area contributed by atoms with Gasteiger partial charge in [-0.1, -0.05) is 46.4 Å². The van der Waals surface area contributed by atoms with Gasteiger partial charge in [-0.25, -0.2) is 9.13 Å². The topological polar surface area (TPSA) is 196 Å². The van der Waals surface area contributed by atoms with E-state index in [4.69, 9.17) is 22.9 Å². The molecule has 12 heteroatoms. The molecule has 12 nitrogen and oxygen atoms in total. The number of benzene rings is 3. The minimum Gasteiger partial charge on any atom is -0.369 e. The number of rotatable bonds is 9. The van der Waals surface area contributed by atoms with Crippen LogP contribution in [0.15, 0.2) is 91.3 Å². The molecular formula is C34H36N10O2+2. The van der Waals surface area contributed by atoms with Gasteiger partial charge in [-0.05, 0) is 73.0 Å². The van der Waals surface area contributed by atoms with Crippen LogP contribution in [0.5, 0.6) is 0 Å². The minimum atomic E-state index is -0.295. The smallest absolute Gasteiger partial charge is 0.369 e. The van der Waals surface area contributed by atoms with Gasteiger partial charge in [-0.15, -0.1) is 0 Å². The minimum absolute atomic E-state index is 0.261. The lowest BCUT2D eigenvalue weighted by Crippen LogP contribution is -2.37. The van der Waals surface area contributed by atoms with Gasteiger partial charge in [0.1, 0.15) is 0 Å². The van der Waals surface area contributed by atoms with Crippen molar-refractivity contribution in [3.05, 3.63) is 102 Å². The molecule has 5 rings (SSSR count). The first-order chi connectivity index (χ1) is 22.1. The molecule has 2 aromatic heterocycles. The van der Waals surface area contributed by atoms with Gasteiger partial charge < -0.3 is 22.1 Å². The van der Waals surface area contributed by atoms with Crippen LogP contribution in [0, 0.1) is 0 Å². The number of nitrogens with zero attached hydrogens (tertiary/aromatic N) is 4. The van der Waals surface area contributed by atoms with Crippen molar-refractivity contribution in [3.63, 3.8) is 0 Å². The van der Waals surface area contributed by atoms with E-state index in [1.807, 2.05) is 59.6 Å². The second-order valence-corrected chi connectivity index (χ2v) is 10.4. The van der Waals surface area contributed by atoms with Gasteiger partial charge in [0.15, 0.2) is 0 Å². The number of hydrogen-bond acceptors (Lipinski definition) is 8. The Labute approximate surface area is 266 Å². The van der Waals surface area contributed by atoms with E-state index in [1.54, 1.807) is 54.6 Å². The molecule has 0 aliphatic heterocycles. The molecule has 0 spiro atoms. The largest absolute Gasteiger partial charge is 0.391 e. The Morgan fingerprint density at radius 1 is 0.674 bits per heavy atom.